The van der Waals surface area contributed by atoms with Crippen molar-refractivity contribution in [1.82, 2.24) is 5.32 Å². The molecule has 1 aromatic rings. The third-order valence-corrected chi connectivity index (χ3v) is 3.24. The minimum Gasteiger partial charge on any atom is -0.454 e. The minimum atomic E-state index is -0.121. The molecule has 1 aliphatic heterocycles. The lowest BCUT2D eigenvalue weighted by molar-refractivity contribution is 0.174. The fourth-order valence-corrected chi connectivity index (χ4v) is 2.03. The van der Waals surface area contributed by atoms with E-state index in [0.717, 1.165) is 17.1 Å². The average molecular weight is 277 g/mol. The van der Waals surface area contributed by atoms with Crippen molar-refractivity contribution in [1.29, 1.82) is 0 Å². The SMILES string of the molecule is CC(C)NC(N)=NCC(C)(C)c1ccc2c(c1)OCO2. The molecule has 2 rings (SSSR count). The summed E-state index contributed by atoms with van der Waals surface area (Å²) < 4.78 is 10.7. The normalized spacial score (nSPS) is 14.8. The van der Waals surface area contributed by atoms with Crippen LogP contribution in [0.4, 0.5) is 0 Å². The molecule has 1 heterocycles. The highest BCUT2D eigenvalue weighted by molar-refractivity contribution is 5.78. The number of ether oxygens (including phenoxy) is 2. The summed E-state index contributed by atoms with van der Waals surface area (Å²) in [7, 11) is 0. The van der Waals surface area contributed by atoms with Crippen LogP contribution < -0.4 is 20.5 Å². The first kappa shape index (κ1) is 14.5. The van der Waals surface area contributed by atoms with Gasteiger partial charge in [-0.15, -0.1) is 0 Å². The summed E-state index contributed by atoms with van der Waals surface area (Å²) in [6.07, 6.45) is 0. The number of hydrogen-bond acceptors (Lipinski definition) is 3. The molecule has 0 fully saturated rings. The summed E-state index contributed by atoms with van der Waals surface area (Å²) in [5.41, 5.74) is 6.88. The van der Waals surface area contributed by atoms with Gasteiger partial charge < -0.3 is 20.5 Å². The third-order valence-electron chi connectivity index (χ3n) is 3.24. The van der Waals surface area contributed by atoms with Crippen molar-refractivity contribution in [3.8, 4) is 11.5 Å². The second-order valence-electron chi connectivity index (χ2n) is 5.95. The van der Waals surface area contributed by atoms with E-state index in [9.17, 15) is 0 Å². The Kier molecular flexibility index (Phi) is 4.06. The van der Waals surface area contributed by atoms with Crippen molar-refractivity contribution in [2.45, 2.75) is 39.2 Å². The number of aliphatic imine (C=N–C) groups is 1. The molecule has 3 N–H and O–H groups in total. The highest BCUT2D eigenvalue weighted by Gasteiger charge is 2.23. The average Bonchev–Trinajstić information content (AvgIpc) is 2.83. The summed E-state index contributed by atoms with van der Waals surface area (Å²) in [6, 6.07) is 6.30. The lowest BCUT2D eigenvalue weighted by Crippen LogP contribution is -2.38. The molecule has 0 bridgehead atoms. The molecule has 0 saturated heterocycles. The van der Waals surface area contributed by atoms with E-state index in [4.69, 9.17) is 15.2 Å². The van der Waals surface area contributed by atoms with Gasteiger partial charge in [0.15, 0.2) is 17.5 Å². The first-order valence-corrected chi connectivity index (χ1v) is 6.85. The van der Waals surface area contributed by atoms with Gasteiger partial charge in [0, 0.05) is 11.5 Å². The van der Waals surface area contributed by atoms with E-state index in [1.165, 1.54) is 0 Å². The van der Waals surface area contributed by atoms with Crippen LogP contribution in [0.15, 0.2) is 23.2 Å². The van der Waals surface area contributed by atoms with Gasteiger partial charge in [-0.05, 0) is 31.5 Å². The summed E-state index contributed by atoms with van der Waals surface area (Å²) in [5.74, 6) is 2.08. The van der Waals surface area contributed by atoms with Crippen LogP contribution in [-0.4, -0.2) is 25.3 Å². The highest BCUT2D eigenvalue weighted by atomic mass is 16.7. The number of rotatable bonds is 4. The second-order valence-corrected chi connectivity index (χ2v) is 5.95. The summed E-state index contributed by atoms with van der Waals surface area (Å²) in [6.45, 7) is 9.24. The van der Waals surface area contributed by atoms with E-state index >= 15 is 0 Å². The van der Waals surface area contributed by atoms with Gasteiger partial charge in [0.2, 0.25) is 6.79 Å². The van der Waals surface area contributed by atoms with Gasteiger partial charge >= 0.3 is 0 Å². The molecule has 0 aliphatic carbocycles. The third kappa shape index (κ3) is 3.35. The van der Waals surface area contributed by atoms with Gasteiger partial charge in [-0.3, -0.25) is 4.99 Å². The Balaban J connectivity index is 2.10. The Labute approximate surface area is 120 Å². The molecular weight excluding hydrogens is 254 g/mol. The van der Waals surface area contributed by atoms with Crippen LogP contribution in [0.5, 0.6) is 11.5 Å². The number of nitrogens with two attached hydrogens (primary N) is 1. The highest BCUT2D eigenvalue weighted by Crippen LogP contribution is 2.36. The summed E-state index contributed by atoms with van der Waals surface area (Å²) in [5, 5.41) is 3.09. The molecular formula is C15H23N3O2. The van der Waals surface area contributed by atoms with E-state index in [2.05, 4.69) is 30.2 Å². The molecule has 1 aromatic carbocycles. The zero-order valence-electron chi connectivity index (χ0n) is 12.6. The predicted molar refractivity (Wildman–Crippen MR) is 80.4 cm³/mol. The van der Waals surface area contributed by atoms with E-state index < -0.39 is 0 Å². The Morgan fingerprint density at radius 1 is 1.35 bits per heavy atom. The molecule has 110 valence electrons. The maximum atomic E-state index is 5.84. The standard InChI is InChI=1S/C15H23N3O2/c1-10(2)18-14(16)17-8-15(3,4)11-5-6-12-13(7-11)20-9-19-12/h5-7,10H,8-9H2,1-4H3,(H3,16,17,18). The smallest absolute Gasteiger partial charge is 0.231 e. The summed E-state index contributed by atoms with van der Waals surface area (Å²) >= 11 is 0. The van der Waals surface area contributed by atoms with Gasteiger partial charge in [-0.2, -0.15) is 0 Å². The van der Waals surface area contributed by atoms with Crippen LogP contribution in [0.2, 0.25) is 0 Å². The van der Waals surface area contributed by atoms with Crippen LogP contribution in [0.25, 0.3) is 0 Å². The Hall–Kier alpha value is -1.91. The zero-order chi connectivity index (χ0) is 14.8. The fraction of sp³-hybridized carbons (Fsp3) is 0.533. The quantitative estimate of drug-likeness (QED) is 0.652. The van der Waals surface area contributed by atoms with Crippen molar-refractivity contribution < 1.29 is 9.47 Å². The lowest BCUT2D eigenvalue weighted by Gasteiger charge is -2.23. The number of hydrogen-bond donors (Lipinski definition) is 2. The lowest BCUT2D eigenvalue weighted by atomic mass is 9.84. The van der Waals surface area contributed by atoms with Gasteiger partial charge in [0.25, 0.3) is 0 Å². The molecule has 0 spiro atoms. The van der Waals surface area contributed by atoms with Gasteiger partial charge in [-0.25, -0.2) is 0 Å². The molecule has 0 radical (unpaired) electrons. The van der Waals surface area contributed by atoms with E-state index in [1.807, 2.05) is 26.0 Å². The fourth-order valence-electron chi connectivity index (χ4n) is 2.03. The molecule has 0 unspecified atom stereocenters. The Bertz CT molecular complexity index is 510. The van der Waals surface area contributed by atoms with Crippen molar-refractivity contribution in [2.75, 3.05) is 13.3 Å². The number of benzene rings is 1. The van der Waals surface area contributed by atoms with Crippen molar-refractivity contribution in [3.05, 3.63) is 23.8 Å². The molecule has 0 amide bonds. The molecule has 20 heavy (non-hydrogen) atoms. The van der Waals surface area contributed by atoms with Crippen LogP contribution in [-0.2, 0) is 5.41 Å². The largest absolute Gasteiger partial charge is 0.454 e. The number of guanidine groups is 1. The maximum Gasteiger partial charge on any atom is 0.231 e. The molecule has 0 atom stereocenters. The summed E-state index contributed by atoms with van der Waals surface area (Å²) in [4.78, 5) is 4.42. The van der Waals surface area contributed by atoms with Crippen molar-refractivity contribution >= 4 is 5.96 Å². The van der Waals surface area contributed by atoms with E-state index in [0.29, 0.717) is 19.3 Å². The van der Waals surface area contributed by atoms with Gasteiger partial charge in [0.05, 0.1) is 6.54 Å². The van der Waals surface area contributed by atoms with Crippen LogP contribution >= 0.6 is 0 Å². The van der Waals surface area contributed by atoms with Crippen molar-refractivity contribution in [3.63, 3.8) is 0 Å². The van der Waals surface area contributed by atoms with Crippen LogP contribution in [0.1, 0.15) is 33.3 Å². The molecule has 0 aromatic heterocycles. The Morgan fingerprint density at radius 3 is 2.75 bits per heavy atom. The van der Waals surface area contributed by atoms with Crippen LogP contribution in [0.3, 0.4) is 0 Å². The number of nitrogens with zero attached hydrogens (tertiary/aromatic N) is 1. The zero-order valence-corrected chi connectivity index (χ0v) is 12.6. The van der Waals surface area contributed by atoms with Gasteiger partial charge in [0.1, 0.15) is 0 Å². The molecule has 5 nitrogen and oxygen atoms in total. The van der Waals surface area contributed by atoms with Gasteiger partial charge in [-0.1, -0.05) is 19.9 Å². The monoisotopic (exact) mass is 277 g/mol. The predicted octanol–water partition coefficient (Wildman–Crippen LogP) is 2.01. The first-order valence-electron chi connectivity index (χ1n) is 6.85. The number of nitrogens with one attached hydrogen (secondary N) is 1. The second kappa shape index (κ2) is 5.61. The number of fused-ring (bicyclic) bond motifs is 1. The topological polar surface area (TPSA) is 68.9 Å². The van der Waals surface area contributed by atoms with Crippen LogP contribution in [0, 0.1) is 0 Å². The Morgan fingerprint density at radius 2 is 2.05 bits per heavy atom. The molecule has 5 heteroatoms. The molecule has 0 saturated carbocycles. The first-order chi connectivity index (χ1) is 9.38. The molecule has 1 aliphatic rings. The van der Waals surface area contributed by atoms with E-state index in [-0.39, 0.29) is 11.5 Å². The van der Waals surface area contributed by atoms with E-state index in [1.54, 1.807) is 0 Å². The van der Waals surface area contributed by atoms with Crippen molar-refractivity contribution in [2.24, 2.45) is 10.7 Å². The maximum absolute atomic E-state index is 5.84. The minimum absolute atomic E-state index is 0.121.